The van der Waals surface area contributed by atoms with E-state index in [1.807, 2.05) is 39.2 Å². The maximum atomic E-state index is 12.5. The minimum Gasteiger partial charge on any atom is -0.460 e. The molecule has 4 rings (SSSR count). The number of amides is 1. The number of benzene rings is 1. The van der Waals surface area contributed by atoms with Gasteiger partial charge in [0, 0.05) is 29.9 Å². The second-order valence-electron chi connectivity index (χ2n) is 6.16. The Labute approximate surface area is 154 Å². The fourth-order valence-corrected chi connectivity index (χ4v) is 3.20. The molecule has 8 heteroatoms. The van der Waals surface area contributed by atoms with Gasteiger partial charge in [0.05, 0.1) is 16.4 Å². The van der Waals surface area contributed by atoms with E-state index in [2.05, 4.69) is 20.6 Å². The molecule has 0 fully saturated rings. The molecule has 3 aromatic heterocycles. The number of fused-ring (bicyclic) bond motifs is 1. The molecule has 4 aromatic rings. The van der Waals surface area contributed by atoms with Crippen molar-refractivity contribution in [2.75, 3.05) is 5.32 Å². The number of carbonyl (C=O) groups is 1. The van der Waals surface area contributed by atoms with Crippen molar-refractivity contribution < 1.29 is 9.21 Å². The zero-order valence-corrected chi connectivity index (χ0v) is 15.2. The third-order valence-electron chi connectivity index (χ3n) is 4.06. The number of hydrogen-bond acceptors (Lipinski definition) is 4. The summed E-state index contributed by atoms with van der Waals surface area (Å²) < 4.78 is 7.25. The molecular formula is C18H16ClN5O2. The van der Waals surface area contributed by atoms with Crippen molar-refractivity contribution >= 4 is 34.2 Å². The van der Waals surface area contributed by atoms with Crippen LogP contribution in [-0.4, -0.2) is 25.9 Å². The highest BCUT2D eigenvalue weighted by Gasteiger charge is 2.15. The minimum atomic E-state index is -0.305. The number of carbonyl (C=O) groups excluding carboxylic acids is 1. The van der Waals surface area contributed by atoms with Gasteiger partial charge in [0.25, 0.3) is 5.91 Å². The molecule has 0 spiro atoms. The van der Waals surface area contributed by atoms with E-state index in [-0.39, 0.29) is 5.91 Å². The van der Waals surface area contributed by atoms with E-state index in [0.29, 0.717) is 27.7 Å². The van der Waals surface area contributed by atoms with Crippen molar-refractivity contribution in [1.29, 1.82) is 0 Å². The van der Waals surface area contributed by atoms with E-state index in [1.54, 1.807) is 16.8 Å². The number of hydrogen-bond donors (Lipinski definition) is 2. The zero-order chi connectivity index (χ0) is 18.4. The number of aromatic nitrogens is 4. The summed E-state index contributed by atoms with van der Waals surface area (Å²) in [5, 5.41) is 15.4. The highest BCUT2D eigenvalue weighted by molar-refractivity contribution is 6.35. The van der Waals surface area contributed by atoms with E-state index in [1.165, 1.54) is 0 Å². The van der Waals surface area contributed by atoms with Gasteiger partial charge < -0.3 is 9.73 Å². The monoisotopic (exact) mass is 369 g/mol. The number of aryl methyl sites for hydroxylation is 3. The summed E-state index contributed by atoms with van der Waals surface area (Å²) in [6, 6.07) is 7.04. The van der Waals surface area contributed by atoms with Crippen LogP contribution in [0.2, 0.25) is 5.02 Å². The summed E-state index contributed by atoms with van der Waals surface area (Å²) in [4.78, 5) is 12.5. The van der Waals surface area contributed by atoms with Gasteiger partial charge in [-0.05, 0) is 38.1 Å². The number of anilines is 1. The lowest BCUT2D eigenvalue weighted by Crippen LogP contribution is -2.12. The van der Waals surface area contributed by atoms with Crippen LogP contribution < -0.4 is 5.32 Å². The van der Waals surface area contributed by atoms with Gasteiger partial charge in [-0.15, -0.1) is 0 Å². The molecule has 132 valence electrons. The van der Waals surface area contributed by atoms with Crippen LogP contribution in [0.3, 0.4) is 0 Å². The van der Waals surface area contributed by atoms with Crippen LogP contribution in [0.1, 0.15) is 21.9 Å². The largest absolute Gasteiger partial charge is 0.460 e. The Balaban J connectivity index is 1.60. The van der Waals surface area contributed by atoms with Crippen LogP contribution in [0.5, 0.6) is 0 Å². The quantitative estimate of drug-likeness (QED) is 0.569. The topological polar surface area (TPSA) is 88.7 Å². The molecule has 0 aliphatic heterocycles. The predicted octanol–water partition coefficient (Wildman–Crippen LogP) is 4.08. The van der Waals surface area contributed by atoms with Gasteiger partial charge >= 0.3 is 0 Å². The molecule has 0 saturated heterocycles. The first-order chi connectivity index (χ1) is 12.4. The highest BCUT2D eigenvalue weighted by Crippen LogP contribution is 2.30. The Hall–Kier alpha value is -3.06. The van der Waals surface area contributed by atoms with Crippen LogP contribution in [0, 0.1) is 13.8 Å². The molecule has 26 heavy (non-hydrogen) atoms. The molecule has 1 aromatic carbocycles. The van der Waals surface area contributed by atoms with Gasteiger partial charge in [0.15, 0.2) is 5.58 Å². The maximum absolute atomic E-state index is 12.5. The number of nitrogens with one attached hydrogen (secondary N) is 2. The van der Waals surface area contributed by atoms with Crippen LogP contribution in [0.25, 0.3) is 22.2 Å². The van der Waals surface area contributed by atoms with Crippen LogP contribution in [-0.2, 0) is 7.05 Å². The third-order valence-corrected chi connectivity index (χ3v) is 4.34. The van der Waals surface area contributed by atoms with E-state index < -0.39 is 0 Å². The first-order valence-corrected chi connectivity index (χ1v) is 8.35. The second-order valence-corrected chi connectivity index (χ2v) is 6.56. The summed E-state index contributed by atoms with van der Waals surface area (Å²) in [5.41, 5.74) is 3.93. The molecule has 1 amide bonds. The van der Waals surface area contributed by atoms with E-state index in [9.17, 15) is 4.79 Å². The van der Waals surface area contributed by atoms with Gasteiger partial charge in [0.1, 0.15) is 11.5 Å². The Morgan fingerprint density at radius 2 is 2.08 bits per heavy atom. The Morgan fingerprint density at radius 3 is 2.81 bits per heavy atom. The predicted molar refractivity (Wildman–Crippen MR) is 99.4 cm³/mol. The lowest BCUT2D eigenvalue weighted by atomic mass is 10.2. The van der Waals surface area contributed by atoms with Crippen molar-refractivity contribution in [2.24, 2.45) is 7.05 Å². The lowest BCUT2D eigenvalue weighted by Gasteiger charge is -2.04. The fourth-order valence-electron chi connectivity index (χ4n) is 2.94. The maximum Gasteiger partial charge on any atom is 0.273 e. The normalized spacial score (nSPS) is 11.2. The average Bonchev–Trinajstić information content (AvgIpc) is 3.25. The molecule has 0 atom stereocenters. The molecule has 0 bridgehead atoms. The summed E-state index contributed by atoms with van der Waals surface area (Å²) in [6.07, 6.45) is 1.86. The number of furan rings is 1. The first-order valence-electron chi connectivity index (χ1n) is 7.98. The molecule has 0 aliphatic carbocycles. The number of aromatic amines is 1. The van der Waals surface area contributed by atoms with Gasteiger partial charge in [-0.1, -0.05) is 11.6 Å². The summed E-state index contributed by atoms with van der Waals surface area (Å²) in [5.74, 6) is 0.455. The van der Waals surface area contributed by atoms with Crippen molar-refractivity contribution in [3.05, 3.63) is 52.6 Å². The lowest BCUT2D eigenvalue weighted by molar-refractivity contribution is 0.102. The molecule has 7 nitrogen and oxygen atoms in total. The van der Waals surface area contributed by atoms with Gasteiger partial charge in [-0.25, -0.2) is 0 Å². The molecule has 0 aliphatic rings. The van der Waals surface area contributed by atoms with Crippen LogP contribution in [0.4, 0.5) is 5.69 Å². The molecule has 0 radical (unpaired) electrons. The third kappa shape index (κ3) is 2.86. The number of rotatable bonds is 3. The molecule has 2 N–H and O–H groups in total. The van der Waals surface area contributed by atoms with Crippen molar-refractivity contribution in [3.63, 3.8) is 0 Å². The van der Waals surface area contributed by atoms with E-state index in [0.717, 1.165) is 22.4 Å². The summed E-state index contributed by atoms with van der Waals surface area (Å²) >= 11 is 6.23. The van der Waals surface area contributed by atoms with Crippen LogP contribution in [0.15, 0.2) is 34.9 Å². The van der Waals surface area contributed by atoms with Crippen molar-refractivity contribution in [2.45, 2.75) is 13.8 Å². The summed E-state index contributed by atoms with van der Waals surface area (Å²) in [6.45, 7) is 3.75. The molecule has 0 unspecified atom stereocenters. The highest BCUT2D eigenvalue weighted by atomic mass is 35.5. The van der Waals surface area contributed by atoms with Gasteiger partial charge in [-0.3, -0.25) is 14.6 Å². The first kappa shape index (κ1) is 16.4. The summed E-state index contributed by atoms with van der Waals surface area (Å²) in [7, 11) is 1.84. The Bertz CT molecular complexity index is 1140. The van der Waals surface area contributed by atoms with Crippen molar-refractivity contribution in [3.8, 4) is 11.3 Å². The van der Waals surface area contributed by atoms with Crippen LogP contribution >= 0.6 is 11.6 Å². The van der Waals surface area contributed by atoms with Gasteiger partial charge in [0.2, 0.25) is 0 Å². The van der Waals surface area contributed by atoms with E-state index in [4.69, 9.17) is 16.0 Å². The van der Waals surface area contributed by atoms with E-state index >= 15 is 0 Å². The standard InChI is InChI=1S/C18H16ClN5O2/c1-9-4-11-5-12(6-14(19)17(11)26-9)20-18(25)16-7-15(21-22-16)13-8-24(3)23-10(13)2/h4-8H,1-3H3,(H,20,25)(H,21,22). The number of nitrogens with zero attached hydrogens (tertiary/aromatic N) is 3. The molecular weight excluding hydrogens is 354 g/mol. The average molecular weight is 370 g/mol. The Kier molecular flexibility index (Phi) is 3.81. The minimum absolute atomic E-state index is 0.305. The molecule has 0 saturated carbocycles. The smallest absolute Gasteiger partial charge is 0.273 e. The second kappa shape index (κ2) is 6.03. The van der Waals surface area contributed by atoms with Gasteiger partial charge in [-0.2, -0.15) is 10.2 Å². The Morgan fingerprint density at radius 1 is 1.27 bits per heavy atom. The zero-order valence-electron chi connectivity index (χ0n) is 14.4. The number of halogens is 1. The van der Waals surface area contributed by atoms with Crippen molar-refractivity contribution in [1.82, 2.24) is 20.0 Å². The molecule has 3 heterocycles. The fraction of sp³-hybridized carbons (Fsp3) is 0.167. The SMILES string of the molecule is Cc1cc2cc(NC(=O)c3cc(-c4cn(C)nc4C)n[nH]3)cc(Cl)c2o1. The number of H-pyrrole nitrogens is 1.